The van der Waals surface area contributed by atoms with Crippen molar-refractivity contribution in [1.29, 1.82) is 0 Å². The normalized spacial score (nSPS) is 15.0. The van der Waals surface area contributed by atoms with E-state index in [2.05, 4.69) is 20.8 Å². The van der Waals surface area contributed by atoms with Gasteiger partial charge in [0, 0.05) is 32.5 Å². The van der Waals surface area contributed by atoms with Gasteiger partial charge in [-0.3, -0.25) is 9.59 Å². The fourth-order valence-electron chi connectivity index (χ4n) is 3.22. The molecule has 2 amide bonds. The van der Waals surface area contributed by atoms with Crippen LogP contribution in [0.4, 0.5) is 0 Å². The molecule has 156 valence electrons. The number of hydrogen-bond acceptors (Lipinski definition) is 7. The van der Waals surface area contributed by atoms with Crippen molar-refractivity contribution in [3.05, 3.63) is 35.7 Å². The van der Waals surface area contributed by atoms with Gasteiger partial charge >= 0.3 is 0 Å². The molecule has 1 aromatic heterocycles. The summed E-state index contributed by atoms with van der Waals surface area (Å²) in [7, 11) is 1.60. The van der Waals surface area contributed by atoms with E-state index in [-0.39, 0.29) is 24.8 Å². The molecule has 1 atom stereocenters. The molecule has 1 fully saturated rings. The number of methoxy groups -OCH3 is 1. The first-order valence-corrected chi connectivity index (χ1v) is 9.59. The van der Waals surface area contributed by atoms with Crippen molar-refractivity contribution in [2.45, 2.75) is 25.8 Å². The topological polar surface area (TPSA) is 111 Å². The molecule has 0 saturated carbocycles. The maximum Gasteiger partial charge on any atom is 0.245 e. The van der Waals surface area contributed by atoms with E-state index >= 15 is 0 Å². The lowest BCUT2D eigenvalue weighted by molar-refractivity contribution is -0.135. The van der Waals surface area contributed by atoms with Crippen LogP contribution in [0.15, 0.2) is 24.3 Å². The number of ether oxygens (including phenoxy) is 2. The van der Waals surface area contributed by atoms with Gasteiger partial charge in [-0.2, -0.15) is 0 Å². The molecule has 2 heterocycles. The summed E-state index contributed by atoms with van der Waals surface area (Å²) in [4.78, 5) is 26.9. The van der Waals surface area contributed by atoms with Crippen LogP contribution in [-0.4, -0.2) is 76.9 Å². The van der Waals surface area contributed by atoms with Crippen LogP contribution in [0.1, 0.15) is 23.9 Å². The van der Waals surface area contributed by atoms with Crippen molar-refractivity contribution in [1.82, 2.24) is 30.4 Å². The first-order valence-electron chi connectivity index (χ1n) is 9.59. The molecule has 0 unspecified atom stereocenters. The Kier molecular flexibility index (Phi) is 7.12. The number of amides is 2. The van der Waals surface area contributed by atoms with Crippen LogP contribution < -0.4 is 10.1 Å². The number of rotatable bonds is 8. The Labute approximate surface area is 169 Å². The molecule has 10 heteroatoms. The summed E-state index contributed by atoms with van der Waals surface area (Å²) < 4.78 is 12.0. The number of nitrogens with zero attached hydrogens (tertiary/aromatic N) is 5. The fraction of sp³-hybridized carbons (Fsp3) is 0.526. The molecule has 0 spiro atoms. The van der Waals surface area contributed by atoms with Gasteiger partial charge in [0.25, 0.3) is 0 Å². The van der Waals surface area contributed by atoms with E-state index < -0.39 is 6.04 Å². The summed E-state index contributed by atoms with van der Waals surface area (Å²) in [5.74, 6) is 1.03. The zero-order valence-corrected chi connectivity index (χ0v) is 16.7. The molecule has 2 aromatic rings. The number of nitrogens with one attached hydrogen (secondary N) is 1. The number of carbonyl (C=O) groups excluding carboxylic acids is 2. The van der Waals surface area contributed by atoms with Crippen molar-refractivity contribution in [3.8, 4) is 5.75 Å². The van der Waals surface area contributed by atoms with Crippen LogP contribution in [0.2, 0.25) is 0 Å². The zero-order chi connectivity index (χ0) is 20.6. The van der Waals surface area contributed by atoms with E-state index in [0.29, 0.717) is 44.3 Å². The number of morpholine rings is 1. The highest BCUT2D eigenvalue weighted by Crippen LogP contribution is 2.19. The van der Waals surface area contributed by atoms with Crippen molar-refractivity contribution in [2.75, 3.05) is 40.0 Å². The maximum absolute atomic E-state index is 12.9. The third kappa shape index (κ3) is 5.50. The van der Waals surface area contributed by atoms with Crippen LogP contribution >= 0.6 is 0 Å². The van der Waals surface area contributed by atoms with Gasteiger partial charge in [0.05, 0.1) is 20.3 Å². The van der Waals surface area contributed by atoms with Crippen LogP contribution in [0.3, 0.4) is 0 Å². The molecule has 0 radical (unpaired) electrons. The van der Waals surface area contributed by atoms with Gasteiger partial charge in [0.15, 0.2) is 0 Å². The van der Waals surface area contributed by atoms with Crippen LogP contribution in [0, 0.1) is 6.92 Å². The van der Waals surface area contributed by atoms with Crippen molar-refractivity contribution < 1.29 is 19.1 Å². The van der Waals surface area contributed by atoms with Gasteiger partial charge in [-0.25, -0.2) is 4.68 Å². The minimum atomic E-state index is -0.629. The van der Waals surface area contributed by atoms with Crippen LogP contribution in [0.5, 0.6) is 5.75 Å². The highest BCUT2D eigenvalue weighted by Gasteiger charge is 2.25. The molecule has 1 aliphatic rings. The monoisotopic (exact) mass is 402 g/mol. The largest absolute Gasteiger partial charge is 0.497 e. The SMILES string of the molecule is COc1cccc(C[C@@H](C(=O)NCCC(=O)N2CCOCC2)n2nnnc2C)c1. The first-order chi connectivity index (χ1) is 14.1. The number of tetrazole rings is 1. The number of carbonyl (C=O) groups is 2. The molecule has 1 aliphatic heterocycles. The van der Waals surface area contributed by atoms with E-state index in [1.54, 1.807) is 18.9 Å². The molecule has 1 saturated heterocycles. The molecule has 29 heavy (non-hydrogen) atoms. The average molecular weight is 402 g/mol. The van der Waals surface area contributed by atoms with Crippen molar-refractivity contribution in [3.63, 3.8) is 0 Å². The lowest BCUT2D eigenvalue weighted by Gasteiger charge is -2.27. The molecular weight excluding hydrogens is 376 g/mol. The first kappa shape index (κ1) is 20.7. The Bertz CT molecular complexity index is 834. The molecule has 1 N–H and O–H groups in total. The molecular formula is C19H26N6O4. The van der Waals surface area contributed by atoms with Crippen LogP contribution in [0.25, 0.3) is 0 Å². The minimum absolute atomic E-state index is 0.0107. The van der Waals surface area contributed by atoms with Gasteiger partial charge in [0.2, 0.25) is 11.8 Å². The average Bonchev–Trinajstić information content (AvgIpc) is 3.18. The lowest BCUT2D eigenvalue weighted by atomic mass is 10.0. The van der Waals surface area contributed by atoms with E-state index in [1.165, 1.54) is 4.68 Å². The van der Waals surface area contributed by atoms with Gasteiger partial charge < -0.3 is 19.7 Å². The lowest BCUT2D eigenvalue weighted by Crippen LogP contribution is -2.42. The molecule has 0 aliphatic carbocycles. The second kappa shape index (κ2) is 9.97. The number of benzene rings is 1. The molecule has 3 rings (SSSR count). The Balaban J connectivity index is 1.63. The van der Waals surface area contributed by atoms with E-state index in [9.17, 15) is 9.59 Å². The highest BCUT2D eigenvalue weighted by atomic mass is 16.5. The predicted molar refractivity (Wildman–Crippen MR) is 103 cm³/mol. The number of aromatic nitrogens is 4. The number of aryl methyl sites for hydroxylation is 1. The standard InChI is InChI=1S/C19H26N6O4/c1-14-21-22-23-25(14)17(13-15-4-3-5-16(12-15)28-2)19(27)20-7-6-18(26)24-8-10-29-11-9-24/h3-5,12,17H,6-11,13H2,1-2H3,(H,20,27)/t17-/m0/s1. The van der Waals surface area contributed by atoms with E-state index in [4.69, 9.17) is 9.47 Å². The van der Waals surface area contributed by atoms with Gasteiger partial charge in [-0.05, 0) is 35.0 Å². The molecule has 1 aromatic carbocycles. The Morgan fingerprint density at radius 3 is 2.79 bits per heavy atom. The Morgan fingerprint density at radius 2 is 2.10 bits per heavy atom. The summed E-state index contributed by atoms with van der Waals surface area (Å²) in [5, 5.41) is 14.4. The minimum Gasteiger partial charge on any atom is -0.497 e. The molecule has 10 nitrogen and oxygen atoms in total. The Hall–Kier alpha value is -3.01. The third-order valence-corrected chi connectivity index (χ3v) is 4.82. The zero-order valence-electron chi connectivity index (χ0n) is 16.7. The number of hydrogen-bond donors (Lipinski definition) is 1. The summed E-state index contributed by atoms with van der Waals surface area (Å²) in [6.07, 6.45) is 0.637. The maximum atomic E-state index is 12.9. The quantitative estimate of drug-likeness (QED) is 0.668. The highest BCUT2D eigenvalue weighted by molar-refractivity contribution is 5.82. The van der Waals surface area contributed by atoms with Crippen LogP contribution in [-0.2, 0) is 20.7 Å². The van der Waals surface area contributed by atoms with Gasteiger partial charge in [-0.15, -0.1) is 5.10 Å². The fourth-order valence-corrected chi connectivity index (χ4v) is 3.22. The second-order valence-electron chi connectivity index (χ2n) is 6.78. The smallest absolute Gasteiger partial charge is 0.245 e. The van der Waals surface area contributed by atoms with E-state index in [0.717, 1.165) is 5.56 Å². The summed E-state index contributed by atoms with van der Waals surface area (Å²) in [6, 6.07) is 6.89. The van der Waals surface area contributed by atoms with Crippen molar-refractivity contribution in [2.24, 2.45) is 0 Å². The summed E-state index contributed by atoms with van der Waals surface area (Å²) in [6.45, 7) is 4.29. The van der Waals surface area contributed by atoms with Gasteiger partial charge in [-0.1, -0.05) is 12.1 Å². The third-order valence-electron chi connectivity index (χ3n) is 4.82. The second-order valence-corrected chi connectivity index (χ2v) is 6.78. The summed E-state index contributed by atoms with van der Waals surface area (Å²) in [5.41, 5.74) is 0.920. The summed E-state index contributed by atoms with van der Waals surface area (Å²) >= 11 is 0. The predicted octanol–water partition coefficient (Wildman–Crippen LogP) is 0.139. The Morgan fingerprint density at radius 1 is 1.31 bits per heavy atom. The van der Waals surface area contributed by atoms with Crippen molar-refractivity contribution >= 4 is 11.8 Å². The van der Waals surface area contributed by atoms with E-state index in [1.807, 2.05) is 24.3 Å². The molecule has 0 bridgehead atoms. The van der Waals surface area contributed by atoms with Gasteiger partial charge in [0.1, 0.15) is 17.6 Å².